The molecule has 0 aliphatic rings. The summed E-state index contributed by atoms with van der Waals surface area (Å²) in [5.74, 6) is 0.459. The summed E-state index contributed by atoms with van der Waals surface area (Å²) < 4.78 is 22.6. The third kappa shape index (κ3) is 13.7. The Kier molecular flexibility index (Phi) is 21.4. The van der Waals surface area contributed by atoms with Gasteiger partial charge in [-0.2, -0.15) is 4.68 Å². The van der Waals surface area contributed by atoms with Crippen LogP contribution in [0.3, 0.4) is 0 Å². The van der Waals surface area contributed by atoms with Crippen LogP contribution in [0.2, 0.25) is 0 Å². The van der Waals surface area contributed by atoms with Crippen LogP contribution in [0.1, 0.15) is 86.7 Å². The lowest BCUT2D eigenvalue weighted by Crippen LogP contribution is -2.34. The summed E-state index contributed by atoms with van der Waals surface area (Å²) in [7, 11) is 10.6. The fourth-order valence-electron chi connectivity index (χ4n) is 21.5. The predicted molar refractivity (Wildman–Crippen MR) is 550 cm³/mol. The van der Waals surface area contributed by atoms with Crippen LogP contribution in [-0.4, -0.2) is 47.7 Å². The lowest BCUT2D eigenvalue weighted by atomic mass is 9.87. The Labute approximate surface area is 778 Å². The molecule has 15 heteroatoms. The molecule has 0 amide bonds. The zero-order chi connectivity index (χ0) is 92.5. The number of benzene rings is 10. The van der Waals surface area contributed by atoms with E-state index in [-0.39, 0.29) is 0 Å². The van der Waals surface area contributed by atoms with E-state index in [0.717, 1.165) is 33.1 Å². The van der Waals surface area contributed by atoms with Gasteiger partial charge < -0.3 is 0 Å². The van der Waals surface area contributed by atoms with Gasteiger partial charge in [0.2, 0.25) is 24.1 Å². The Morgan fingerprint density at radius 3 is 0.948 bits per heavy atom. The second kappa shape index (κ2) is 33.7. The molecule has 0 spiro atoms. The molecular weight excluding hydrogens is 1640 g/mol. The molecule has 25 aromatic rings. The standard InChI is InChI=1S/C34H26N3.C26H26N3.C24H22N3.C18H18N3.C17H16N3/c1-23-20-21-35-32-28-16-9-10-17-29(28)34-30(22-36(2)37(34)33(23)32)31-26(24-12-5-3-6-13-24)18-11-19-27(31)25-14-7-4-8-15-25;1-16(2)19-12-8-9-17(3)23(19)22-15-28(5)29-25-18(4)13-14-27-24(25)20-10-6-7-11-21(20)26(22)29;1-15-8-7-9-16(2)21(15)20-14-26(4)27-23-17(3)12-13-25-22(23)18-10-5-6-11-19(18)24(20)27;1-11-9-10-19-16-14-7-5-6-8-15(14)18-12(2)13(3)20(4)21(18)17(11)16;1-11-8-9-18-15-13-6-4-5-7-14(13)16-12(2)10-19(3)20(16)17(11)15/h3-22H,1-2H3;6-16H,1-5H3;5-14H,1-4H3;5-10H,1-4H3;4-10H,1-3H3/q5*+1. The van der Waals surface area contributed by atoms with E-state index >= 15 is 0 Å². The summed E-state index contributed by atoms with van der Waals surface area (Å²) >= 11 is 0. The van der Waals surface area contributed by atoms with Gasteiger partial charge in [0.15, 0.2) is 34.4 Å². The molecule has 15 aromatic heterocycles. The zero-order valence-corrected chi connectivity index (χ0v) is 79.4. The molecule has 0 fully saturated rings. The maximum atomic E-state index is 4.84. The highest BCUT2D eigenvalue weighted by Crippen LogP contribution is 2.47. The van der Waals surface area contributed by atoms with Crippen LogP contribution >= 0.6 is 0 Å². The summed E-state index contributed by atoms with van der Waals surface area (Å²) in [6, 6.07) is 94.8. The van der Waals surface area contributed by atoms with Crippen molar-refractivity contribution in [3.8, 4) is 55.6 Å². The van der Waals surface area contributed by atoms with Gasteiger partial charge in [-0.05, 0) is 196 Å². The fraction of sp³-hybridized carbons (Fsp3) is 0.160. The number of aryl methyl sites for hydroxylation is 15. The van der Waals surface area contributed by atoms with Crippen LogP contribution in [-0.2, 0) is 35.2 Å². The second-order valence-corrected chi connectivity index (χ2v) is 36.5. The molecule has 0 aliphatic heterocycles. The number of aromatic nitrogens is 15. The Bertz CT molecular complexity index is 9040. The van der Waals surface area contributed by atoms with Crippen LogP contribution in [0.15, 0.2) is 323 Å². The highest BCUT2D eigenvalue weighted by atomic mass is 15.4. The van der Waals surface area contributed by atoms with Gasteiger partial charge in [0, 0.05) is 102 Å². The van der Waals surface area contributed by atoms with Crippen molar-refractivity contribution in [2.45, 2.75) is 95.9 Å². The number of pyridine rings is 10. The summed E-state index contributed by atoms with van der Waals surface area (Å²) in [4.78, 5) is 23.7. The normalized spacial score (nSPS) is 11.7. The first-order valence-electron chi connectivity index (χ1n) is 46.3. The minimum atomic E-state index is 0.459. The fourth-order valence-corrected chi connectivity index (χ4v) is 21.5. The molecular formula is C119H108N15+5. The summed E-state index contributed by atoms with van der Waals surface area (Å²) in [6.07, 6.45) is 18.5. The number of rotatable bonds is 6. The van der Waals surface area contributed by atoms with Crippen LogP contribution in [0.5, 0.6) is 0 Å². The van der Waals surface area contributed by atoms with Crippen LogP contribution < -0.4 is 23.2 Å². The van der Waals surface area contributed by atoms with Gasteiger partial charge in [-0.1, -0.05) is 249 Å². The van der Waals surface area contributed by atoms with Crippen LogP contribution in [0.25, 0.3) is 192 Å². The first-order valence-corrected chi connectivity index (χ1v) is 46.3. The van der Waals surface area contributed by atoms with E-state index < -0.39 is 0 Å². The molecule has 0 aliphatic carbocycles. The molecule has 15 heterocycles. The summed E-state index contributed by atoms with van der Waals surface area (Å²) in [6.45, 7) is 28.5. The Balaban J connectivity index is 0.000000102. The Morgan fingerprint density at radius 2 is 0.545 bits per heavy atom. The first-order chi connectivity index (χ1) is 65.1. The number of fused-ring (bicyclic) bond motifs is 30. The number of hydrogen-bond acceptors (Lipinski definition) is 5. The van der Waals surface area contributed by atoms with Gasteiger partial charge in [-0.15, -0.1) is 36.8 Å². The van der Waals surface area contributed by atoms with Gasteiger partial charge in [0.1, 0.15) is 71.7 Å². The van der Waals surface area contributed by atoms with Crippen molar-refractivity contribution < 1.29 is 23.2 Å². The highest BCUT2D eigenvalue weighted by molar-refractivity contribution is 6.19. The van der Waals surface area contributed by atoms with E-state index in [1.54, 1.807) is 0 Å². The first kappa shape index (κ1) is 84.8. The van der Waals surface area contributed by atoms with E-state index in [0.29, 0.717) is 5.92 Å². The highest BCUT2D eigenvalue weighted by Gasteiger charge is 2.32. The average Bonchev–Trinajstić information content (AvgIpc) is 1.57. The van der Waals surface area contributed by atoms with Gasteiger partial charge in [0.25, 0.3) is 5.52 Å². The predicted octanol–water partition coefficient (Wildman–Crippen LogP) is 25.2. The van der Waals surface area contributed by atoms with Crippen molar-refractivity contribution >= 4 is 137 Å². The second-order valence-electron chi connectivity index (χ2n) is 36.5. The van der Waals surface area contributed by atoms with E-state index in [9.17, 15) is 0 Å². The minimum Gasteiger partial charge on any atom is -0.254 e. The molecule has 134 heavy (non-hydrogen) atoms. The molecule has 0 atom stereocenters. The third-order valence-electron chi connectivity index (χ3n) is 27.8. The van der Waals surface area contributed by atoms with Crippen molar-refractivity contribution in [3.05, 3.63) is 390 Å². The molecule has 15 nitrogen and oxygen atoms in total. The minimum absolute atomic E-state index is 0.459. The number of nitrogens with zero attached hydrogens (tertiary/aromatic N) is 15. The largest absolute Gasteiger partial charge is 0.265 e. The molecule has 0 unspecified atom stereocenters. The van der Waals surface area contributed by atoms with Crippen molar-refractivity contribution in [2.75, 3.05) is 0 Å². The molecule has 0 saturated heterocycles. The molecule has 654 valence electrons. The van der Waals surface area contributed by atoms with Gasteiger partial charge in [0.05, 0.1) is 34.8 Å². The topological polar surface area (TPSA) is 107 Å². The Morgan fingerprint density at radius 1 is 0.239 bits per heavy atom. The third-order valence-corrected chi connectivity index (χ3v) is 27.8. The zero-order valence-electron chi connectivity index (χ0n) is 79.4. The maximum absolute atomic E-state index is 4.84. The smallest absolute Gasteiger partial charge is 0.254 e. The van der Waals surface area contributed by atoms with Crippen molar-refractivity contribution in [1.29, 1.82) is 0 Å². The number of hydrogen-bond donors (Lipinski definition) is 0. The van der Waals surface area contributed by atoms with E-state index in [1.807, 2.05) is 31.0 Å². The SMILES string of the molecule is Cc1c(C)n(C)[n+]2c1c1ccccc1c1nccc(C)c12.Cc1c[n+](C)n2c1c1ccccc1c1nccc(C)c12.Cc1cccc(C(C)C)c1-c1c[n+](C)n2c1c1ccccc1c1nccc(C)c12.Cc1cccc(C)c1-c1c[n+](C)n2c1c1ccccc1c1nccc(C)c12.Cc1ccnc2c3ccccc3c3c(-c4c(-c5ccccc5)cccc4-c4ccccc4)c[n+](C)n3c12. The lowest BCUT2D eigenvalue weighted by molar-refractivity contribution is -0.735. The summed E-state index contributed by atoms with van der Waals surface area (Å²) in [5, 5.41) is 12.2. The van der Waals surface area contributed by atoms with E-state index in [4.69, 9.17) is 15.0 Å². The van der Waals surface area contributed by atoms with Gasteiger partial charge >= 0.3 is 0 Å². The lowest BCUT2D eigenvalue weighted by Gasteiger charge is -2.15. The van der Waals surface area contributed by atoms with Crippen molar-refractivity contribution in [1.82, 2.24) is 47.7 Å². The monoisotopic (exact) mass is 1750 g/mol. The van der Waals surface area contributed by atoms with E-state index in [2.05, 4.69) is 473 Å². The van der Waals surface area contributed by atoms with Gasteiger partial charge in [-0.3, -0.25) is 19.9 Å². The maximum Gasteiger partial charge on any atom is 0.265 e. The van der Waals surface area contributed by atoms with Crippen molar-refractivity contribution in [2.24, 2.45) is 35.2 Å². The van der Waals surface area contributed by atoms with Gasteiger partial charge in [-0.25, -0.2) is 4.98 Å². The molecule has 0 radical (unpaired) electrons. The Hall–Kier alpha value is -16.0. The quantitative estimate of drug-likeness (QED) is 0.122. The molecule has 10 aromatic carbocycles. The molecule has 25 rings (SSSR count). The average molecular weight is 1750 g/mol. The molecule has 0 N–H and O–H groups in total. The molecule has 0 saturated carbocycles. The van der Waals surface area contributed by atoms with Crippen LogP contribution in [0, 0.1) is 76.2 Å². The summed E-state index contributed by atoms with van der Waals surface area (Å²) in [5.41, 5.74) is 45.3. The molecule has 0 bridgehead atoms. The van der Waals surface area contributed by atoms with Crippen molar-refractivity contribution in [3.63, 3.8) is 0 Å². The van der Waals surface area contributed by atoms with E-state index in [1.165, 1.54) is 226 Å². The van der Waals surface area contributed by atoms with Crippen LogP contribution in [0.4, 0.5) is 0 Å².